The lowest BCUT2D eigenvalue weighted by atomic mass is 10.1. The summed E-state index contributed by atoms with van der Waals surface area (Å²) in [6.45, 7) is 4.29. The van der Waals surface area contributed by atoms with E-state index < -0.39 is 0 Å². The molecular formula is C17H22N4. The third-order valence-electron chi connectivity index (χ3n) is 4.69. The van der Waals surface area contributed by atoms with Crippen molar-refractivity contribution >= 4 is 0 Å². The number of likely N-dealkylation sites (tertiary alicyclic amines) is 1. The lowest BCUT2D eigenvalue weighted by Gasteiger charge is -2.21. The van der Waals surface area contributed by atoms with Gasteiger partial charge in [0.25, 0.3) is 0 Å². The van der Waals surface area contributed by atoms with Crippen molar-refractivity contribution in [1.82, 2.24) is 19.8 Å². The van der Waals surface area contributed by atoms with Gasteiger partial charge in [0.1, 0.15) is 5.82 Å². The molecule has 110 valence electrons. The van der Waals surface area contributed by atoms with Crippen LogP contribution in [0.2, 0.25) is 0 Å². The number of imidazole rings is 1. The quantitative estimate of drug-likeness (QED) is 0.915. The fourth-order valence-corrected chi connectivity index (χ4v) is 3.64. The molecule has 21 heavy (non-hydrogen) atoms. The van der Waals surface area contributed by atoms with Gasteiger partial charge in [-0.25, -0.2) is 4.98 Å². The van der Waals surface area contributed by atoms with Crippen molar-refractivity contribution in [3.05, 3.63) is 41.7 Å². The zero-order valence-electron chi connectivity index (χ0n) is 12.5. The van der Waals surface area contributed by atoms with Crippen LogP contribution >= 0.6 is 0 Å². The second kappa shape index (κ2) is 5.28. The Balaban J connectivity index is 1.84. The van der Waals surface area contributed by atoms with Gasteiger partial charge in [-0.05, 0) is 20.0 Å². The summed E-state index contributed by atoms with van der Waals surface area (Å²) in [5.74, 6) is 1.16. The molecule has 1 N–H and O–H groups in total. The van der Waals surface area contributed by atoms with E-state index >= 15 is 0 Å². The Morgan fingerprint density at radius 2 is 2.10 bits per heavy atom. The molecule has 3 heterocycles. The first-order chi connectivity index (χ1) is 10.3. The van der Waals surface area contributed by atoms with E-state index in [1.165, 1.54) is 29.9 Å². The molecule has 4 nitrogen and oxygen atoms in total. The summed E-state index contributed by atoms with van der Waals surface area (Å²) in [6.07, 6.45) is 2.32. The van der Waals surface area contributed by atoms with Crippen LogP contribution in [0.3, 0.4) is 0 Å². The fraction of sp³-hybridized carbons (Fsp3) is 0.471. The van der Waals surface area contributed by atoms with Gasteiger partial charge in [-0.15, -0.1) is 0 Å². The first-order valence-corrected chi connectivity index (χ1v) is 7.87. The van der Waals surface area contributed by atoms with Gasteiger partial charge in [0.15, 0.2) is 0 Å². The molecule has 0 radical (unpaired) electrons. The second-order valence-corrected chi connectivity index (χ2v) is 6.20. The maximum atomic E-state index is 4.97. The summed E-state index contributed by atoms with van der Waals surface area (Å²) < 4.78 is 2.54. The van der Waals surface area contributed by atoms with E-state index in [2.05, 4.69) is 52.2 Å². The Morgan fingerprint density at radius 1 is 1.24 bits per heavy atom. The van der Waals surface area contributed by atoms with Gasteiger partial charge in [0.2, 0.25) is 0 Å². The van der Waals surface area contributed by atoms with E-state index in [4.69, 9.17) is 4.98 Å². The highest BCUT2D eigenvalue weighted by atomic mass is 15.2. The second-order valence-electron chi connectivity index (χ2n) is 6.20. The first-order valence-electron chi connectivity index (χ1n) is 7.87. The van der Waals surface area contributed by atoms with Gasteiger partial charge in [0, 0.05) is 43.4 Å². The van der Waals surface area contributed by atoms with E-state index in [1.54, 1.807) is 0 Å². The molecule has 0 saturated carbocycles. The number of nitrogens with zero attached hydrogens (tertiary/aromatic N) is 3. The van der Waals surface area contributed by atoms with E-state index in [-0.39, 0.29) is 0 Å². The van der Waals surface area contributed by atoms with Gasteiger partial charge in [0.05, 0.1) is 5.69 Å². The van der Waals surface area contributed by atoms with E-state index in [0.717, 1.165) is 31.9 Å². The molecular weight excluding hydrogens is 260 g/mol. The monoisotopic (exact) mass is 282 g/mol. The Bertz CT molecular complexity index is 632. The maximum absolute atomic E-state index is 4.97. The number of likely N-dealkylation sites (N-methyl/N-ethyl adjacent to an activating group) is 1. The van der Waals surface area contributed by atoms with Crippen molar-refractivity contribution in [1.29, 1.82) is 0 Å². The summed E-state index contributed by atoms with van der Waals surface area (Å²) in [5, 5.41) is 3.45. The van der Waals surface area contributed by atoms with Crippen LogP contribution in [0.15, 0.2) is 30.3 Å². The predicted octanol–water partition coefficient (Wildman–Crippen LogP) is 2.07. The number of benzene rings is 1. The third kappa shape index (κ3) is 2.28. The normalized spacial score (nSPS) is 22.4. The average Bonchev–Trinajstić information content (AvgIpc) is 3.11. The molecule has 4 rings (SSSR count). The number of hydrogen-bond acceptors (Lipinski definition) is 3. The van der Waals surface area contributed by atoms with E-state index in [9.17, 15) is 0 Å². The Hall–Kier alpha value is -1.65. The van der Waals surface area contributed by atoms with Crippen LogP contribution < -0.4 is 5.32 Å². The maximum Gasteiger partial charge on any atom is 0.140 e. The minimum absolute atomic E-state index is 0.569. The van der Waals surface area contributed by atoms with Crippen LogP contribution in [-0.4, -0.2) is 41.1 Å². The smallest absolute Gasteiger partial charge is 0.140 e. The van der Waals surface area contributed by atoms with Gasteiger partial charge < -0.3 is 14.8 Å². The third-order valence-corrected chi connectivity index (χ3v) is 4.69. The van der Waals surface area contributed by atoms with Crippen molar-refractivity contribution in [3.8, 4) is 11.4 Å². The van der Waals surface area contributed by atoms with Crippen molar-refractivity contribution in [2.75, 3.05) is 26.7 Å². The minimum Gasteiger partial charge on any atom is -0.323 e. The van der Waals surface area contributed by atoms with Gasteiger partial charge in [-0.3, -0.25) is 0 Å². The highest BCUT2D eigenvalue weighted by Crippen LogP contribution is 2.32. The first kappa shape index (κ1) is 13.0. The summed E-state index contributed by atoms with van der Waals surface area (Å²) in [7, 11) is 2.22. The summed E-state index contributed by atoms with van der Waals surface area (Å²) in [5.41, 5.74) is 3.93. The highest BCUT2D eigenvalue weighted by molar-refractivity contribution is 5.57. The molecule has 0 spiro atoms. The predicted molar refractivity (Wildman–Crippen MR) is 84.2 cm³/mol. The van der Waals surface area contributed by atoms with Gasteiger partial charge >= 0.3 is 0 Å². The lowest BCUT2D eigenvalue weighted by Crippen LogP contribution is -2.26. The van der Waals surface area contributed by atoms with Gasteiger partial charge in [-0.2, -0.15) is 0 Å². The standard InChI is InChI=1S/C17H22N4/c1-20-10-8-14(12-20)21-16-7-9-18-11-15(16)19-17(21)13-5-3-2-4-6-13/h2-6,14,18H,7-12H2,1H3. The number of hydrogen-bond donors (Lipinski definition) is 1. The highest BCUT2D eigenvalue weighted by Gasteiger charge is 2.29. The molecule has 0 amide bonds. The molecule has 2 aromatic rings. The van der Waals surface area contributed by atoms with Crippen molar-refractivity contribution < 1.29 is 0 Å². The molecule has 1 fully saturated rings. The number of rotatable bonds is 2. The summed E-state index contributed by atoms with van der Waals surface area (Å²) >= 11 is 0. The summed E-state index contributed by atoms with van der Waals surface area (Å²) in [4.78, 5) is 7.40. The van der Waals surface area contributed by atoms with E-state index in [0.29, 0.717) is 6.04 Å². The molecule has 2 aliphatic rings. The fourth-order valence-electron chi connectivity index (χ4n) is 3.64. The molecule has 1 aromatic carbocycles. The SMILES string of the molecule is CN1CCC(n2c(-c3ccccc3)nc3c2CCNC3)C1. The molecule has 0 aliphatic carbocycles. The molecule has 4 heteroatoms. The van der Waals surface area contributed by atoms with Gasteiger partial charge in [-0.1, -0.05) is 30.3 Å². The number of aromatic nitrogens is 2. The molecule has 0 bridgehead atoms. The zero-order chi connectivity index (χ0) is 14.2. The van der Waals surface area contributed by atoms with Crippen molar-refractivity contribution in [2.24, 2.45) is 0 Å². The molecule has 1 unspecified atom stereocenters. The molecule has 2 aliphatic heterocycles. The minimum atomic E-state index is 0.569. The average molecular weight is 282 g/mol. The number of nitrogens with one attached hydrogen (secondary N) is 1. The van der Waals surface area contributed by atoms with Crippen LogP contribution in [0.1, 0.15) is 23.9 Å². The Kier molecular flexibility index (Phi) is 3.28. The van der Waals surface area contributed by atoms with Crippen LogP contribution in [-0.2, 0) is 13.0 Å². The van der Waals surface area contributed by atoms with Crippen LogP contribution in [0.5, 0.6) is 0 Å². The topological polar surface area (TPSA) is 33.1 Å². The van der Waals surface area contributed by atoms with Crippen molar-refractivity contribution in [2.45, 2.75) is 25.4 Å². The largest absolute Gasteiger partial charge is 0.323 e. The molecule has 1 saturated heterocycles. The van der Waals surface area contributed by atoms with Crippen molar-refractivity contribution in [3.63, 3.8) is 0 Å². The zero-order valence-corrected chi connectivity index (χ0v) is 12.5. The lowest BCUT2D eigenvalue weighted by molar-refractivity contribution is 0.389. The Morgan fingerprint density at radius 3 is 2.86 bits per heavy atom. The van der Waals surface area contributed by atoms with E-state index in [1.807, 2.05) is 0 Å². The van der Waals surface area contributed by atoms with Crippen LogP contribution in [0, 0.1) is 0 Å². The number of fused-ring (bicyclic) bond motifs is 1. The van der Waals surface area contributed by atoms with Crippen LogP contribution in [0.4, 0.5) is 0 Å². The summed E-state index contributed by atoms with van der Waals surface area (Å²) in [6, 6.07) is 11.2. The van der Waals surface area contributed by atoms with Crippen LogP contribution in [0.25, 0.3) is 11.4 Å². The molecule has 1 atom stereocenters. The molecule has 1 aromatic heterocycles. The Labute approximate surface area is 125 Å².